The summed E-state index contributed by atoms with van der Waals surface area (Å²) in [4.78, 5) is 4.29. The number of methoxy groups -OCH3 is 1. The van der Waals surface area contributed by atoms with Crippen molar-refractivity contribution < 1.29 is 9.26 Å². The molecule has 0 saturated heterocycles. The van der Waals surface area contributed by atoms with E-state index in [4.69, 9.17) is 15.0 Å². The number of nitrogens with zero attached hydrogens (tertiary/aromatic N) is 2. The van der Waals surface area contributed by atoms with Crippen LogP contribution in [0.5, 0.6) is 0 Å². The fourth-order valence-electron chi connectivity index (χ4n) is 1.48. The summed E-state index contributed by atoms with van der Waals surface area (Å²) in [6.07, 6.45) is 4.25. The van der Waals surface area contributed by atoms with Gasteiger partial charge in [0.05, 0.1) is 6.61 Å². The predicted octanol–water partition coefficient (Wildman–Crippen LogP) is 1.62. The van der Waals surface area contributed by atoms with Crippen LogP contribution in [0, 0.1) is 0 Å². The van der Waals surface area contributed by atoms with Gasteiger partial charge in [0.2, 0.25) is 5.89 Å². The zero-order valence-corrected chi connectivity index (χ0v) is 10.3. The molecule has 0 bridgehead atoms. The fourth-order valence-corrected chi connectivity index (χ4v) is 1.48. The van der Waals surface area contributed by atoms with Crippen molar-refractivity contribution in [2.24, 2.45) is 5.73 Å². The molecule has 0 aromatic carbocycles. The lowest BCUT2D eigenvalue weighted by Crippen LogP contribution is -2.39. The number of nitrogens with two attached hydrogens (primary N) is 1. The van der Waals surface area contributed by atoms with E-state index < -0.39 is 5.54 Å². The van der Waals surface area contributed by atoms with Crippen LogP contribution in [-0.2, 0) is 16.7 Å². The van der Waals surface area contributed by atoms with E-state index in [1.807, 2.05) is 6.92 Å². The summed E-state index contributed by atoms with van der Waals surface area (Å²) >= 11 is 0. The third-order valence-electron chi connectivity index (χ3n) is 2.42. The Morgan fingerprint density at radius 2 is 2.19 bits per heavy atom. The van der Waals surface area contributed by atoms with Gasteiger partial charge in [-0.2, -0.15) is 4.98 Å². The Hall–Kier alpha value is -0.940. The Morgan fingerprint density at radius 3 is 2.81 bits per heavy atom. The molecule has 0 saturated carbocycles. The Kier molecular flexibility index (Phi) is 4.89. The average Bonchev–Trinajstić information content (AvgIpc) is 2.67. The van der Waals surface area contributed by atoms with Gasteiger partial charge < -0.3 is 15.0 Å². The molecule has 1 aromatic rings. The van der Waals surface area contributed by atoms with E-state index in [9.17, 15) is 0 Å². The first-order chi connectivity index (χ1) is 7.60. The molecule has 0 amide bonds. The second kappa shape index (κ2) is 5.96. The molecule has 1 atom stereocenters. The molecule has 1 heterocycles. The number of ether oxygens (including phenoxy) is 1. The van der Waals surface area contributed by atoms with Gasteiger partial charge in [-0.15, -0.1) is 0 Å². The van der Waals surface area contributed by atoms with Crippen LogP contribution in [-0.4, -0.2) is 23.9 Å². The van der Waals surface area contributed by atoms with Gasteiger partial charge in [0.15, 0.2) is 5.82 Å². The Morgan fingerprint density at radius 1 is 1.44 bits per heavy atom. The van der Waals surface area contributed by atoms with E-state index >= 15 is 0 Å². The number of aryl methyl sites for hydroxylation is 1. The van der Waals surface area contributed by atoms with Gasteiger partial charge in [-0.25, -0.2) is 0 Å². The number of aromatic nitrogens is 2. The highest BCUT2D eigenvalue weighted by Gasteiger charge is 2.27. The molecule has 0 aliphatic rings. The summed E-state index contributed by atoms with van der Waals surface area (Å²) in [6, 6.07) is 0. The van der Waals surface area contributed by atoms with Crippen LogP contribution in [0.15, 0.2) is 4.52 Å². The first-order valence-electron chi connectivity index (χ1n) is 5.71. The molecule has 92 valence electrons. The third-order valence-corrected chi connectivity index (χ3v) is 2.42. The zero-order chi connectivity index (χ0) is 12.0. The zero-order valence-electron chi connectivity index (χ0n) is 10.3. The Labute approximate surface area is 96.4 Å². The standard InChI is InChI=1S/C11H21N3O2/c1-4-5-6-7-9-13-10(14-16-9)11(2,12)8-15-3/h4-8,12H2,1-3H3. The summed E-state index contributed by atoms with van der Waals surface area (Å²) in [6.45, 7) is 4.37. The minimum absolute atomic E-state index is 0.376. The molecule has 5 heteroatoms. The minimum atomic E-state index is -0.679. The van der Waals surface area contributed by atoms with Crippen molar-refractivity contribution in [2.75, 3.05) is 13.7 Å². The summed E-state index contributed by atoms with van der Waals surface area (Å²) in [5.74, 6) is 1.18. The van der Waals surface area contributed by atoms with Gasteiger partial charge in [0.25, 0.3) is 0 Å². The smallest absolute Gasteiger partial charge is 0.226 e. The van der Waals surface area contributed by atoms with Gasteiger partial charge >= 0.3 is 0 Å². The van der Waals surface area contributed by atoms with Crippen molar-refractivity contribution in [3.8, 4) is 0 Å². The molecule has 0 radical (unpaired) electrons. The largest absolute Gasteiger partial charge is 0.382 e. The van der Waals surface area contributed by atoms with Crippen LogP contribution in [0.2, 0.25) is 0 Å². The maximum absolute atomic E-state index is 6.01. The minimum Gasteiger partial charge on any atom is -0.382 e. The van der Waals surface area contributed by atoms with Crippen LogP contribution >= 0.6 is 0 Å². The molecule has 16 heavy (non-hydrogen) atoms. The van der Waals surface area contributed by atoms with Gasteiger partial charge in [0, 0.05) is 13.5 Å². The highest BCUT2D eigenvalue weighted by molar-refractivity contribution is 5.01. The second-order valence-electron chi connectivity index (χ2n) is 4.32. The van der Waals surface area contributed by atoms with Crippen LogP contribution in [0.3, 0.4) is 0 Å². The quantitative estimate of drug-likeness (QED) is 0.716. The second-order valence-corrected chi connectivity index (χ2v) is 4.32. The molecular formula is C11H21N3O2. The lowest BCUT2D eigenvalue weighted by molar-refractivity contribution is 0.135. The Bertz CT molecular complexity index is 310. The van der Waals surface area contributed by atoms with Crippen molar-refractivity contribution in [1.82, 2.24) is 10.1 Å². The molecule has 1 rings (SSSR count). The molecule has 0 fully saturated rings. The van der Waals surface area contributed by atoms with Crippen LogP contribution in [0.1, 0.15) is 44.8 Å². The van der Waals surface area contributed by atoms with Gasteiger partial charge in [0.1, 0.15) is 5.54 Å². The number of rotatable bonds is 7. The van der Waals surface area contributed by atoms with Crippen molar-refractivity contribution in [3.05, 3.63) is 11.7 Å². The van der Waals surface area contributed by atoms with Crippen LogP contribution < -0.4 is 5.73 Å². The topological polar surface area (TPSA) is 74.2 Å². The maximum Gasteiger partial charge on any atom is 0.226 e. The number of unbranched alkanes of at least 4 members (excludes halogenated alkanes) is 2. The molecular weight excluding hydrogens is 206 g/mol. The van der Waals surface area contributed by atoms with Crippen molar-refractivity contribution >= 4 is 0 Å². The maximum atomic E-state index is 6.01. The normalized spacial score (nSPS) is 15.0. The number of hydrogen-bond acceptors (Lipinski definition) is 5. The molecule has 0 aliphatic heterocycles. The summed E-state index contributed by atoms with van der Waals surface area (Å²) in [5.41, 5.74) is 5.33. The SMILES string of the molecule is CCCCCc1nc(C(C)(N)COC)no1. The summed E-state index contributed by atoms with van der Waals surface area (Å²) in [5, 5.41) is 3.89. The summed E-state index contributed by atoms with van der Waals surface area (Å²) < 4.78 is 10.2. The molecule has 1 unspecified atom stereocenters. The lowest BCUT2D eigenvalue weighted by Gasteiger charge is -2.18. The van der Waals surface area contributed by atoms with E-state index in [0.29, 0.717) is 18.3 Å². The van der Waals surface area contributed by atoms with E-state index in [-0.39, 0.29) is 0 Å². The molecule has 2 N–H and O–H groups in total. The molecule has 0 spiro atoms. The highest BCUT2D eigenvalue weighted by atomic mass is 16.5. The highest BCUT2D eigenvalue weighted by Crippen LogP contribution is 2.15. The fraction of sp³-hybridized carbons (Fsp3) is 0.818. The summed E-state index contributed by atoms with van der Waals surface area (Å²) in [7, 11) is 1.60. The first kappa shape index (κ1) is 13.1. The van der Waals surface area contributed by atoms with Crippen LogP contribution in [0.25, 0.3) is 0 Å². The Balaban J connectivity index is 2.56. The molecule has 5 nitrogen and oxygen atoms in total. The monoisotopic (exact) mass is 227 g/mol. The van der Waals surface area contributed by atoms with Crippen molar-refractivity contribution in [1.29, 1.82) is 0 Å². The van der Waals surface area contributed by atoms with Crippen molar-refractivity contribution in [3.63, 3.8) is 0 Å². The van der Waals surface area contributed by atoms with Gasteiger partial charge in [-0.3, -0.25) is 0 Å². The van der Waals surface area contributed by atoms with E-state index in [1.54, 1.807) is 7.11 Å². The predicted molar refractivity (Wildman–Crippen MR) is 60.9 cm³/mol. The van der Waals surface area contributed by atoms with E-state index in [0.717, 1.165) is 12.8 Å². The van der Waals surface area contributed by atoms with Gasteiger partial charge in [-0.1, -0.05) is 24.9 Å². The van der Waals surface area contributed by atoms with E-state index in [2.05, 4.69) is 17.1 Å². The van der Waals surface area contributed by atoms with Crippen molar-refractivity contribution in [2.45, 2.75) is 45.1 Å². The van der Waals surface area contributed by atoms with Gasteiger partial charge in [-0.05, 0) is 13.3 Å². The lowest BCUT2D eigenvalue weighted by atomic mass is 10.1. The molecule has 0 aliphatic carbocycles. The number of hydrogen-bond donors (Lipinski definition) is 1. The molecule has 1 aromatic heterocycles. The van der Waals surface area contributed by atoms with Crippen LogP contribution in [0.4, 0.5) is 0 Å². The third kappa shape index (κ3) is 3.57. The first-order valence-corrected chi connectivity index (χ1v) is 5.71. The average molecular weight is 227 g/mol. The van der Waals surface area contributed by atoms with E-state index in [1.165, 1.54) is 12.8 Å².